The van der Waals surface area contributed by atoms with Gasteiger partial charge in [-0.3, -0.25) is 4.79 Å². The average molecular weight is 415 g/mol. The molecule has 1 fully saturated rings. The molecule has 0 aromatic carbocycles. The molecule has 8 heteroatoms. The van der Waals surface area contributed by atoms with Gasteiger partial charge in [0.25, 0.3) is 5.56 Å². The van der Waals surface area contributed by atoms with E-state index in [1.165, 1.54) is 0 Å². The third kappa shape index (κ3) is 3.06. The van der Waals surface area contributed by atoms with Crippen LogP contribution in [-0.2, 0) is 6.54 Å². The minimum atomic E-state index is 0.0868. The molecule has 8 nitrogen and oxygen atoms in total. The molecule has 2 atom stereocenters. The lowest BCUT2D eigenvalue weighted by atomic mass is 9.83. The highest BCUT2D eigenvalue weighted by Gasteiger charge is 2.35. The zero-order chi connectivity index (χ0) is 20.9. The van der Waals surface area contributed by atoms with Crippen molar-refractivity contribution in [3.8, 4) is 22.8 Å². The van der Waals surface area contributed by atoms with E-state index < -0.39 is 0 Å². The number of aryl methyl sites for hydroxylation is 1. The molecular formula is C23H21N5O3. The van der Waals surface area contributed by atoms with Crippen molar-refractivity contribution in [3.05, 3.63) is 70.6 Å². The van der Waals surface area contributed by atoms with Crippen molar-refractivity contribution in [2.75, 3.05) is 18.0 Å². The van der Waals surface area contributed by atoms with Gasteiger partial charge in [-0.2, -0.15) is 0 Å². The highest BCUT2D eigenvalue weighted by molar-refractivity contribution is 5.75. The molecule has 0 aliphatic carbocycles. The Labute approximate surface area is 178 Å². The van der Waals surface area contributed by atoms with Gasteiger partial charge in [0, 0.05) is 49.6 Å². The van der Waals surface area contributed by atoms with E-state index in [4.69, 9.17) is 13.9 Å². The fourth-order valence-electron chi connectivity index (χ4n) is 4.86. The number of aromatic nitrogens is 4. The number of piperidine rings is 1. The van der Waals surface area contributed by atoms with Crippen molar-refractivity contribution in [1.29, 1.82) is 0 Å². The molecule has 31 heavy (non-hydrogen) atoms. The van der Waals surface area contributed by atoms with E-state index in [1.54, 1.807) is 18.5 Å². The molecule has 156 valence electrons. The summed E-state index contributed by atoms with van der Waals surface area (Å²) < 4.78 is 13.1. The van der Waals surface area contributed by atoms with Crippen LogP contribution in [0.2, 0.25) is 0 Å². The molecule has 0 radical (unpaired) electrons. The summed E-state index contributed by atoms with van der Waals surface area (Å²) in [7, 11) is 0. The lowest BCUT2D eigenvalue weighted by molar-refractivity contribution is 0.279. The number of furan rings is 1. The summed E-state index contributed by atoms with van der Waals surface area (Å²) >= 11 is 0. The molecule has 2 bridgehead atoms. The molecule has 6 heterocycles. The van der Waals surface area contributed by atoms with Crippen LogP contribution in [0.15, 0.2) is 62.6 Å². The van der Waals surface area contributed by atoms with E-state index in [1.807, 2.05) is 35.8 Å². The van der Waals surface area contributed by atoms with Crippen molar-refractivity contribution < 1.29 is 8.94 Å². The fraction of sp³-hybridized carbons (Fsp3) is 0.304. The van der Waals surface area contributed by atoms with Gasteiger partial charge in [0.2, 0.25) is 5.95 Å². The smallest absolute Gasteiger partial charge is 0.250 e. The third-order valence-corrected chi connectivity index (χ3v) is 6.19. The summed E-state index contributed by atoms with van der Waals surface area (Å²) in [5, 5.41) is 4.00. The normalized spacial score (nSPS) is 20.0. The van der Waals surface area contributed by atoms with Crippen LogP contribution in [0.1, 0.15) is 23.7 Å². The van der Waals surface area contributed by atoms with Crippen LogP contribution in [0.5, 0.6) is 0 Å². The van der Waals surface area contributed by atoms with Gasteiger partial charge in [0.05, 0.1) is 17.5 Å². The highest BCUT2D eigenvalue weighted by Crippen LogP contribution is 2.37. The Morgan fingerprint density at radius 1 is 1.10 bits per heavy atom. The van der Waals surface area contributed by atoms with E-state index in [0.29, 0.717) is 29.1 Å². The Kier molecular flexibility index (Phi) is 4.05. The monoisotopic (exact) mass is 415 g/mol. The van der Waals surface area contributed by atoms with Crippen molar-refractivity contribution in [3.63, 3.8) is 0 Å². The van der Waals surface area contributed by atoms with E-state index in [9.17, 15) is 4.79 Å². The average Bonchev–Trinajstić information content (AvgIpc) is 3.46. The minimum Gasteiger partial charge on any atom is -0.463 e. The van der Waals surface area contributed by atoms with Gasteiger partial charge >= 0.3 is 0 Å². The molecule has 2 aliphatic rings. The van der Waals surface area contributed by atoms with Crippen LogP contribution in [0.25, 0.3) is 22.8 Å². The standard InChI is InChI=1S/C23H21N5O3/c1-14-8-20(31-26-14)17-10-24-23(25-22(17)19-5-3-7-30-19)27-11-15-9-16(13-27)18-4-2-6-21(29)28(18)12-15/h2-8,10,15-16H,9,11-13H2,1H3. The van der Waals surface area contributed by atoms with Gasteiger partial charge in [-0.05, 0) is 37.5 Å². The summed E-state index contributed by atoms with van der Waals surface area (Å²) in [6.07, 6.45) is 4.50. The molecule has 0 amide bonds. The molecular weight excluding hydrogens is 394 g/mol. The first kappa shape index (κ1) is 18.1. The number of anilines is 1. The maximum atomic E-state index is 12.3. The number of hydrogen-bond donors (Lipinski definition) is 0. The number of pyridine rings is 1. The highest BCUT2D eigenvalue weighted by atomic mass is 16.5. The molecule has 2 unspecified atom stereocenters. The van der Waals surface area contributed by atoms with E-state index in [2.05, 4.69) is 21.1 Å². The largest absolute Gasteiger partial charge is 0.463 e. The predicted octanol–water partition coefficient (Wildman–Crippen LogP) is 3.49. The predicted molar refractivity (Wildman–Crippen MR) is 114 cm³/mol. The summed E-state index contributed by atoms with van der Waals surface area (Å²) in [6, 6.07) is 11.2. The number of rotatable bonds is 3. The van der Waals surface area contributed by atoms with Crippen LogP contribution in [-0.4, -0.2) is 32.8 Å². The first-order chi connectivity index (χ1) is 15.2. The summed E-state index contributed by atoms with van der Waals surface area (Å²) in [5.74, 6) is 2.60. The van der Waals surface area contributed by atoms with Crippen molar-refractivity contribution in [1.82, 2.24) is 19.7 Å². The van der Waals surface area contributed by atoms with Crippen LogP contribution >= 0.6 is 0 Å². The van der Waals surface area contributed by atoms with E-state index in [0.717, 1.165) is 43.0 Å². The third-order valence-electron chi connectivity index (χ3n) is 6.19. The summed E-state index contributed by atoms with van der Waals surface area (Å²) in [6.45, 7) is 4.21. The van der Waals surface area contributed by atoms with Crippen LogP contribution in [0, 0.1) is 12.8 Å². The maximum Gasteiger partial charge on any atom is 0.250 e. The van der Waals surface area contributed by atoms with Gasteiger partial charge in [-0.15, -0.1) is 0 Å². The Morgan fingerprint density at radius 3 is 2.84 bits per heavy atom. The number of nitrogens with zero attached hydrogens (tertiary/aromatic N) is 5. The van der Waals surface area contributed by atoms with Gasteiger partial charge in [-0.1, -0.05) is 11.2 Å². The molecule has 6 rings (SSSR count). The van der Waals surface area contributed by atoms with Crippen LogP contribution in [0.4, 0.5) is 5.95 Å². The first-order valence-corrected chi connectivity index (χ1v) is 10.4. The Morgan fingerprint density at radius 2 is 2.03 bits per heavy atom. The quantitative estimate of drug-likeness (QED) is 0.506. The number of hydrogen-bond acceptors (Lipinski definition) is 7. The summed E-state index contributed by atoms with van der Waals surface area (Å²) in [5.41, 5.74) is 3.41. The second-order valence-corrected chi connectivity index (χ2v) is 8.35. The van der Waals surface area contributed by atoms with Crippen molar-refractivity contribution >= 4 is 5.95 Å². The lowest BCUT2D eigenvalue weighted by Gasteiger charge is -2.42. The molecule has 0 spiro atoms. The topological polar surface area (TPSA) is 90.2 Å². The van der Waals surface area contributed by atoms with Gasteiger partial charge in [0.15, 0.2) is 11.5 Å². The maximum absolute atomic E-state index is 12.3. The van der Waals surface area contributed by atoms with Crippen molar-refractivity contribution in [2.45, 2.75) is 25.8 Å². The first-order valence-electron chi connectivity index (χ1n) is 10.4. The Hall–Kier alpha value is -3.68. The molecule has 2 aliphatic heterocycles. The zero-order valence-corrected chi connectivity index (χ0v) is 17.1. The van der Waals surface area contributed by atoms with Crippen LogP contribution in [0.3, 0.4) is 0 Å². The molecule has 4 aromatic heterocycles. The van der Waals surface area contributed by atoms with Gasteiger partial charge < -0.3 is 18.4 Å². The van der Waals surface area contributed by atoms with E-state index >= 15 is 0 Å². The second kappa shape index (κ2) is 6.94. The minimum absolute atomic E-state index is 0.0868. The molecule has 4 aromatic rings. The van der Waals surface area contributed by atoms with E-state index in [-0.39, 0.29) is 11.5 Å². The number of fused-ring (bicyclic) bond motifs is 4. The second-order valence-electron chi connectivity index (χ2n) is 8.35. The van der Waals surface area contributed by atoms with Gasteiger partial charge in [-0.25, -0.2) is 9.97 Å². The Bertz CT molecular complexity index is 1310. The zero-order valence-electron chi connectivity index (χ0n) is 17.1. The SMILES string of the molecule is Cc1cc(-c2cnc(N3CC4CC(C3)c3cccc(=O)n3C4)nc2-c2ccco2)on1. The van der Waals surface area contributed by atoms with Gasteiger partial charge in [0.1, 0.15) is 5.69 Å². The lowest BCUT2D eigenvalue weighted by Crippen LogP contribution is -2.47. The molecule has 1 saturated heterocycles. The van der Waals surface area contributed by atoms with Crippen molar-refractivity contribution in [2.24, 2.45) is 5.92 Å². The summed E-state index contributed by atoms with van der Waals surface area (Å²) in [4.78, 5) is 24.1. The molecule has 0 saturated carbocycles. The fourth-order valence-corrected chi connectivity index (χ4v) is 4.86. The molecule has 0 N–H and O–H groups in total. The van der Waals surface area contributed by atoms with Crippen LogP contribution < -0.4 is 10.5 Å². The Balaban J connectivity index is 1.39.